The van der Waals surface area contributed by atoms with Crippen molar-refractivity contribution in [1.82, 2.24) is 9.62 Å². The molecule has 0 unspecified atom stereocenters. The summed E-state index contributed by atoms with van der Waals surface area (Å²) in [6.45, 7) is 4.96. The monoisotopic (exact) mass is 386 g/mol. The molecule has 0 radical (unpaired) electrons. The van der Waals surface area contributed by atoms with Crippen LogP contribution in [0.15, 0.2) is 59.5 Å². The van der Waals surface area contributed by atoms with Crippen LogP contribution in [0, 0.1) is 0 Å². The van der Waals surface area contributed by atoms with Gasteiger partial charge in [0.25, 0.3) is 5.91 Å². The minimum Gasteiger partial charge on any atom is -0.351 e. The van der Waals surface area contributed by atoms with Gasteiger partial charge in [-0.15, -0.1) is 0 Å². The Morgan fingerprint density at radius 2 is 1.70 bits per heavy atom. The van der Waals surface area contributed by atoms with E-state index in [0.29, 0.717) is 25.2 Å². The SMILES string of the molecule is CCN(CC)S(=O)(=O)c1cccc(C(=O)NCC2(c3ccccc3)CC2)c1. The minimum atomic E-state index is -3.58. The van der Waals surface area contributed by atoms with E-state index in [0.717, 1.165) is 12.8 Å². The Kier molecular flexibility index (Phi) is 5.67. The van der Waals surface area contributed by atoms with Gasteiger partial charge in [-0.2, -0.15) is 4.31 Å². The fourth-order valence-corrected chi connectivity index (χ4v) is 4.88. The van der Waals surface area contributed by atoms with E-state index in [9.17, 15) is 13.2 Å². The van der Waals surface area contributed by atoms with Gasteiger partial charge in [0, 0.05) is 30.6 Å². The highest BCUT2D eigenvalue weighted by Gasteiger charge is 2.44. The maximum absolute atomic E-state index is 12.7. The molecule has 0 spiro atoms. The number of rotatable bonds is 8. The Morgan fingerprint density at radius 1 is 1.04 bits per heavy atom. The van der Waals surface area contributed by atoms with E-state index in [1.54, 1.807) is 26.0 Å². The summed E-state index contributed by atoms with van der Waals surface area (Å²) in [7, 11) is -3.58. The van der Waals surface area contributed by atoms with E-state index < -0.39 is 10.0 Å². The second-order valence-corrected chi connectivity index (χ2v) is 8.88. The molecule has 1 amide bonds. The number of nitrogens with one attached hydrogen (secondary N) is 1. The van der Waals surface area contributed by atoms with Gasteiger partial charge in [0.1, 0.15) is 0 Å². The molecule has 5 nitrogen and oxygen atoms in total. The summed E-state index contributed by atoms with van der Waals surface area (Å²) < 4.78 is 26.7. The molecule has 0 saturated heterocycles. The molecule has 3 rings (SSSR count). The number of hydrogen-bond acceptors (Lipinski definition) is 3. The van der Waals surface area contributed by atoms with Gasteiger partial charge < -0.3 is 5.32 Å². The van der Waals surface area contributed by atoms with Crippen LogP contribution >= 0.6 is 0 Å². The number of amides is 1. The summed E-state index contributed by atoms with van der Waals surface area (Å²) in [4.78, 5) is 12.8. The molecule has 1 aliphatic rings. The average Bonchev–Trinajstić information content (AvgIpc) is 3.49. The zero-order valence-corrected chi connectivity index (χ0v) is 16.6. The number of benzene rings is 2. The molecule has 6 heteroatoms. The van der Waals surface area contributed by atoms with Crippen LogP contribution in [0.5, 0.6) is 0 Å². The van der Waals surface area contributed by atoms with Crippen molar-refractivity contribution >= 4 is 15.9 Å². The van der Waals surface area contributed by atoms with E-state index in [1.807, 2.05) is 18.2 Å². The summed E-state index contributed by atoms with van der Waals surface area (Å²) in [6, 6.07) is 16.5. The van der Waals surface area contributed by atoms with Crippen molar-refractivity contribution in [2.75, 3.05) is 19.6 Å². The van der Waals surface area contributed by atoms with Crippen LogP contribution in [0.25, 0.3) is 0 Å². The summed E-state index contributed by atoms with van der Waals surface area (Å²) in [5, 5.41) is 2.99. The third-order valence-electron chi connectivity index (χ3n) is 5.27. The Balaban J connectivity index is 1.73. The number of carbonyl (C=O) groups is 1. The Bertz CT molecular complexity index is 902. The lowest BCUT2D eigenvalue weighted by Gasteiger charge is -2.19. The van der Waals surface area contributed by atoms with Gasteiger partial charge in [-0.1, -0.05) is 50.2 Å². The maximum Gasteiger partial charge on any atom is 0.251 e. The number of sulfonamides is 1. The Labute approximate surface area is 161 Å². The van der Waals surface area contributed by atoms with E-state index in [1.165, 1.54) is 22.0 Å². The predicted molar refractivity (Wildman–Crippen MR) is 106 cm³/mol. The third-order valence-corrected chi connectivity index (χ3v) is 7.31. The highest BCUT2D eigenvalue weighted by atomic mass is 32.2. The largest absolute Gasteiger partial charge is 0.351 e. The van der Waals surface area contributed by atoms with Crippen LogP contribution in [0.4, 0.5) is 0 Å². The van der Waals surface area contributed by atoms with Gasteiger partial charge >= 0.3 is 0 Å². The molecule has 2 aromatic carbocycles. The zero-order chi connectivity index (χ0) is 19.5. The van der Waals surface area contributed by atoms with Crippen molar-refractivity contribution in [2.45, 2.75) is 37.0 Å². The van der Waals surface area contributed by atoms with E-state index in [-0.39, 0.29) is 16.2 Å². The smallest absolute Gasteiger partial charge is 0.251 e. The molecule has 1 aliphatic carbocycles. The predicted octanol–water partition coefficient (Wildman–Crippen LogP) is 3.18. The molecule has 27 heavy (non-hydrogen) atoms. The van der Waals surface area contributed by atoms with Gasteiger partial charge in [0.15, 0.2) is 0 Å². The lowest BCUT2D eigenvalue weighted by Crippen LogP contribution is -2.33. The van der Waals surface area contributed by atoms with Crippen molar-refractivity contribution in [2.24, 2.45) is 0 Å². The van der Waals surface area contributed by atoms with Gasteiger partial charge in [-0.25, -0.2) is 8.42 Å². The van der Waals surface area contributed by atoms with E-state index >= 15 is 0 Å². The fourth-order valence-electron chi connectivity index (χ4n) is 3.37. The van der Waals surface area contributed by atoms with Crippen molar-refractivity contribution in [3.8, 4) is 0 Å². The van der Waals surface area contributed by atoms with Crippen molar-refractivity contribution in [3.05, 3.63) is 65.7 Å². The van der Waals surface area contributed by atoms with Gasteiger partial charge in [0.05, 0.1) is 4.90 Å². The second-order valence-electron chi connectivity index (χ2n) is 6.95. The van der Waals surface area contributed by atoms with Crippen LogP contribution in [0.3, 0.4) is 0 Å². The lowest BCUT2D eigenvalue weighted by molar-refractivity contribution is 0.0949. The second kappa shape index (κ2) is 7.82. The van der Waals surface area contributed by atoms with Gasteiger partial charge in [-0.05, 0) is 36.6 Å². The van der Waals surface area contributed by atoms with Crippen molar-refractivity contribution in [3.63, 3.8) is 0 Å². The molecule has 0 aliphatic heterocycles. The molecular weight excluding hydrogens is 360 g/mol. The fraction of sp³-hybridized carbons (Fsp3) is 0.381. The number of nitrogens with zero attached hydrogens (tertiary/aromatic N) is 1. The lowest BCUT2D eigenvalue weighted by atomic mass is 9.96. The molecule has 2 aromatic rings. The molecule has 144 valence electrons. The molecule has 0 bridgehead atoms. The Morgan fingerprint density at radius 3 is 2.30 bits per heavy atom. The normalized spacial score (nSPS) is 15.5. The first-order valence-electron chi connectivity index (χ1n) is 9.37. The van der Waals surface area contributed by atoms with Crippen LogP contribution in [0.2, 0.25) is 0 Å². The van der Waals surface area contributed by atoms with E-state index in [2.05, 4.69) is 17.4 Å². The highest BCUT2D eigenvalue weighted by Crippen LogP contribution is 2.47. The molecular formula is C21H26N2O3S. The average molecular weight is 387 g/mol. The maximum atomic E-state index is 12.7. The van der Waals surface area contributed by atoms with Crippen molar-refractivity contribution in [1.29, 1.82) is 0 Å². The van der Waals surface area contributed by atoms with E-state index in [4.69, 9.17) is 0 Å². The standard InChI is InChI=1S/C21H26N2O3S/c1-3-23(4-2)27(25,26)19-12-8-9-17(15-19)20(24)22-16-21(13-14-21)18-10-6-5-7-11-18/h5-12,15H,3-4,13-14,16H2,1-2H3,(H,22,24). The molecule has 1 saturated carbocycles. The number of hydrogen-bond donors (Lipinski definition) is 1. The summed E-state index contributed by atoms with van der Waals surface area (Å²) >= 11 is 0. The first kappa shape index (κ1) is 19.6. The first-order chi connectivity index (χ1) is 12.9. The molecule has 1 fully saturated rings. The van der Waals surface area contributed by atoms with Crippen LogP contribution < -0.4 is 5.32 Å². The minimum absolute atomic E-state index is 0.0157. The summed E-state index contributed by atoms with van der Waals surface area (Å²) in [5.74, 6) is -0.242. The third kappa shape index (κ3) is 4.06. The highest BCUT2D eigenvalue weighted by molar-refractivity contribution is 7.89. The first-order valence-corrected chi connectivity index (χ1v) is 10.8. The van der Waals surface area contributed by atoms with Crippen LogP contribution in [-0.4, -0.2) is 38.3 Å². The van der Waals surface area contributed by atoms with Gasteiger partial charge in [0.2, 0.25) is 10.0 Å². The molecule has 0 aromatic heterocycles. The molecule has 0 atom stereocenters. The Hall–Kier alpha value is -2.18. The summed E-state index contributed by atoms with van der Waals surface area (Å²) in [5.41, 5.74) is 1.62. The zero-order valence-electron chi connectivity index (χ0n) is 15.8. The van der Waals surface area contributed by atoms with Crippen LogP contribution in [0.1, 0.15) is 42.6 Å². The molecule has 0 heterocycles. The quantitative estimate of drug-likeness (QED) is 0.758. The molecule has 1 N–H and O–H groups in total. The number of carbonyl (C=O) groups excluding carboxylic acids is 1. The van der Waals surface area contributed by atoms with Crippen molar-refractivity contribution < 1.29 is 13.2 Å². The van der Waals surface area contributed by atoms with Gasteiger partial charge in [-0.3, -0.25) is 4.79 Å². The van der Waals surface area contributed by atoms with Crippen LogP contribution in [-0.2, 0) is 15.4 Å². The summed E-state index contributed by atoms with van der Waals surface area (Å²) in [6.07, 6.45) is 2.10. The topological polar surface area (TPSA) is 66.5 Å².